The van der Waals surface area contributed by atoms with Crippen LogP contribution in [0.2, 0.25) is 0 Å². The van der Waals surface area contributed by atoms with E-state index in [4.69, 9.17) is 0 Å². The fourth-order valence-electron chi connectivity index (χ4n) is 2.40. The van der Waals surface area contributed by atoms with Gasteiger partial charge in [-0.15, -0.1) is 11.3 Å². The second-order valence-corrected chi connectivity index (χ2v) is 7.37. The SMILES string of the molecule is O=C(NC1CC1)C1CCCN1C(=O)c1csc(Br)c1. The lowest BCUT2D eigenvalue weighted by Gasteiger charge is -2.23. The minimum absolute atomic E-state index is 0.0163. The van der Waals surface area contributed by atoms with Crippen LogP contribution in [0.4, 0.5) is 0 Å². The second kappa shape index (κ2) is 5.25. The lowest BCUT2D eigenvalue weighted by atomic mass is 10.2. The summed E-state index contributed by atoms with van der Waals surface area (Å²) in [6, 6.07) is 1.88. The van der Waals surface area contributed by atoms with Gasteiger partial charge in [0, 0.05) is 18.0 Å². The summed E-state index contributed by atoms with van der Waals surface area (Å²) in [4.78, 5) is 26.3. The topological polar surface area (TPSA) is 49.4 Å². The Bertz CT molecular complexity index is 512. The van der Waals surface area contributed by atoms with E-state index in [1.165, 1.54) is 11.3 Å². The fourth-order valence-corrected chi connectivity index (χ4v) is 3.53. The number of hydrogen-bond donors (Lipinski definition) is 1. The van der Waals surface area contributed by atoms with Crippen molar-refractivity contribution in [2.45, 2.75) is 37.8 Å². The average Bonchev–Trinajstić information content (AvgIpc) is 2.92. The van der Waals surface area contributed by atoms with E-state index in [2.05, 4.69) is 21.2 Å². The van der Waals surface area contributed by atoms with Crippen molar-refractivity contribution >= 4 is 39.1 Å². The van der Waals surface area contributed by atoms with E-state index in [-0.39, 0.29) is 17.9 Å². The van der Waals surface area contributed by atoms with Gasteiger partial charge < -0.3 is 10.2 Å². The first-order valence-corrected chi connectivity index (χ1v) is 8.18. The molecule has 1 N–H and O–H groups in total. The zero-order chi connectivity index (χ0) is 13.4. The standard InChI is InChI=1S/C13H15BrN2O2S/c14-11-6-8(7-19-11)13(18)16-5-1-2-10(16)12(17)15-9-3-4-9/h6-7,9-10H,1-5H2,(H,15,17). The molecule has 1 saturated heterocycles. The lowest BCUT2D eigenvalue weighted by molar-refractivity contribution is -0.125. The highest BCUT2D eigenvalue weighted by atomic mass is 79.9. The normalized spacial score (nSPS) is 22.6. The van der Waals surface area contributed by atoms with Crippen LogP contribution in [0, 0.1) is 0 Å². The van der Waals surface area contributed by atoms with E-state index >= 15 is 0 Å². The van der Waals surface area contributed by atoms with Crippen LogP contribution in [0.15, 0.2) is 15.2 Å². The maximum atomic E-state index is 12.4. The molecule has 1 aliphatic carbocycles. The molecular weight excluding hydrogens is 328 g/mol. The first-order chi connectivity index (χ1) is 9.15. The third kappa shape index (κ3) is 2.84. The molecule has 1 atom stereocenters. The number of amides is 2. The molecule has 2 fully saturated rings. The molecule has 1 aliphatic heterocycles. The van der Waals surface area contributed by atoms with Crippen molar-refractivity contribution in [1.82, 2.24) is 10.2 Å². The highest BCUT2D eigenvalue weighted by Gasteiger charge is 2.36. The van der Waals surface area contributed by atoms with E-state index in [1.807, 2.05) is 11.4 Å². The van der Waals surface area contributed by atoms with E-state index in [0.717, 1.165) is 29.5 Å². The number of likely N-dealkylation sites (tertiary alicyclic amines) is 1. The van der Waals surface area contributed by atoms with E-state index in [9.17, 15) is 9.59 Å². The Morgan fingerprint density at radius 1 is 1.37 bits per heavy atom. The van der Waals surface area contributed by atoms with E-state index in [1.54, 1.807) is 4.90 Å². The van der Waals surface area contributed by atoms with Gasteiger partial charge in [0.15, 0.2) is 0 Å². The van der Waals surface area contributed by atoms with Crippen molar-refractivity contribution in [3.63, 3.8) is 0 Å². The van der Waals surface area contributed by atoms with Gasteiger partial charge in [-0.2, -0.15) is 0 Å². The number of nitrogens with one attached hydrogen (secondary N) is 1. The van der Waals surface area contributed by atoms with Crippen LogP contribution < -0.4 is 5.32 Å². The molecule has 19 heavy (non-hydrogen) atoms. The molecule has 0 bridgehead atoms. The number of carbonyl (C=O) groups is 2. The van der Waals surface area contributed by atoms with Crippen molar-refractivity contribution in [2.24, 2.45) is 0 Å². The predicted molar refractivity (Wildman–Crippen MR) is 77.2 cm³/mol. The van der Waals surface area contributed by atoms with E-state index in [0.29, 0.717) is 18.2 Å². The van der Waals surface area contributed by atoms with Crippen LogP contribution in [0.1, 0.15) is 36.0 Å². The lowest BCUT2D eigenvalue weighted by Crippen LogP contribution is -2.46. The molecule has 0 radical (unpaired) electrons. The molecule has 1 unspecified atom stereocenters. The fraction of sp³-hybridized carbons (Fsp3) is 0.538. The van der Waals surface area contributed by atoms with Crippen molar-refractivity contribution in [1.29, 1.82) is 0 Å². The number of halogens is 1. The summed E-state index contributed by atoms with van der Waals surface area (Å²) in [7, 11) is 0. The zero-order valence-electron chi connectivity index (χ0n) is 10.4. The summed E-state index contributed by atoms with van der Waals surface area (Å²) >= 11 is 4.85. The smallest absolute Gasteiger partial charge is 0.255 e. The predicted octanol–water partition coefficient (Wildman–Crippen LogP) is 2.39. The van der Waals surface area contributed by atoms with Gasteiger partial charge in [-0.05, 0) is 47.7 Å². The van der Waals surface area contributed by atoms with Gasteiger partial charge in [-0.3, -0.25) is 9.59 Å². The highest BCUT2D eigenvalue weighted by Crippen LogP contribution is 2.26. The van der Waals surface area contributed by atoms with Crippen LogP contribution in [0.5, 0.6) is 0 Å². The molecule has 102 valence electrons. The van der Waals surface area contributed by atoms with Gasteiger partial charge in [-0.1, -0.05) is 0 Å². The van der Waals surface area contributed by atoms with Gasteiger partial charge in [0.1, 0.15) is 6.04 Å². The van der Waals surface area contributed by atoms with Crippen molar-refractivity contribution in [2.75, 3.05) is 6.54 Å². The quantitative estimate of drug-likeness (QED) is 0.916. The van der Waals surface area contributed by atoms with Gasteiger partial charge >= 0.3 is 0 Å². The summed E-state index contributed by atoms with van der Waals surface area (Å²) in [6.07, 6.45) is 3.82. The third-order valence-electron chi connectivity index (χ3n) is 3.55. The number of nitrogens with zero attached hydrogens (tertiary/aromatic N) is 1. The largest absolute Gasteiger partial charge is 0.352 e. The van der Waals surface area contributed by atoms with Crippen LogP contribution in [0.3, 0.4) is 0 Å². The van der Waals surface area contributed by atoms with Crippen LogP contribution >= 0.6 is 27.3 Å². The first kappa shape index (κ1) is 13.1. The number of thiophene rings is 1. The van der Waals surface area contributed by atoms with Crippen LogP contribution in [-0.4, -0.2) is 35.3 Å². The second-order valence-electron chi connectivity index (χ2n) is 5.08. The summed E-state index contributed by atoms with van der Waals surface area (Å²) in [5, 5.41) is 4.83. The van der Waals surface area contributed by atoms with Crippen molar-refractivity contribution in [3.05, 3.63) is 20.8 Å². The summed E-state index contributed by atoms with van der Waals surface area (Å²) in [5.74, 6) is -0.0157. The van der Waals surface area contributed by atoms with Gasteiger partial charge in [0.2, 0.25) is 5.91 Å². The van der Waals surface area contributed by atoms with Crippen molar-refractivity contribution < 1.29 is 9.59 Å². The molecule has 1 aromatic rings. The Hall–Kier alpha value is -0.880. The molecule has 2 amide bonds. The molecule has 1 saturated carbocycles. The van der Waals surface area contributed by atoms with E-state index < -0.39 is 0 Å². The Morgan fingerprint density at radius 3 is 2.79 bits per heavy atom. The van der Waals surface area contributed by atoms with Gasteiger partial charge in [0.25, 0.3) is 5.91 Å². The molecule has 3 rings (SSSR count). The molecular formula is C13H15BrN2O2S. The minimum atomic E-state index is -0.285. The monoisotopic (exact) mass is 342 g/mol. The summed E-state index contributed by atoms with van der Waals surface area (Å²) < 4.78 is 0.939. The Labute approximate surface area is 124 Å². The average molecular weight is 343 g/mol. The van der Waals surface area contributed by atoms with Crippen LogP contribution in [-0.2, 0) is 4.79 Å². The maximum Gasteiger partial charge on any atom is 0.255 e. The summed E-state index contributed by atoms with van der Waals surface area (Å²) in [6.45, 7) is 0.676. The minimum Gasteiger partial charge on any atom is -0.352 e. The van der Waals surface area contributed by atoms with Gasteiger partial charge in [-0.25, -0.2) is 0 Å². The Kier molecular flexibility index (Phi) is 3.62. The molecule has 6 heteroatoms. The molecule has 2 heterocycles. The molecule has 2 aliphatic rings. The zero-order valence-corrected chi connectivity index (χ0v) is 12.8. The maximum absolute atomic E-state index is 12.4. The summed E-state index contributed by atoms with van der Waals surface area (Å²) in [5.41, 5.74) is 0.669. The molecule has 4 nitrogen and oxygen atoms in total. The third-order valence-corrected chi connectivity index (χ3v) is 5.06. The Morgan fingerprint density at radius 2 is 2.16 bits per heavy atom. The number of carbonyl (C=O) groups excluding carboxylic acids is 2. The number of hydrogen-bond acceptors (Lipinski definition) is 3. The molecule has 0 aromatic carbocycles. The highest BCUT2D eigenvalue weighted by molar-refractivity contribution is 9.11. The van der Waals surface area contributed by atoms with Crippen molar-refractivity contribution in [3.8, 4) is 0 Å². The first-order valence-electron chi connectivity index (χ1n) is 6.50. The Balaban J connectivity index is 1.71. The number of rotatable bonds is 3. The molecule has 1 aromatic heterocycles. The molecule has 0 spiro atoms. The van der Waals surface area contributed by atoms with Crippen LogP contribution in [0.25, 0.3) is 0 Å². The van der Waals surface area contributed by atoms with Gasteiger partial charge in [0.05, 0.1) is 9.35 Å².